The summed E-state index contributed by atoms with van der Waals surface area (Å²) in [6.07, 6.45) is 2.64. The molecular formula is C9H14O8S2-2. The van der Waals surface area contributed by atoms with E-state index in [1.807, 2.05) is 0 Å². The molecule has 0 aliphatic carbocycles. The normalized spacial score (nSPS) is 13.4. The zero-order valence-electron chi connectivity index (χ0n) is 10.1. The van der Waals surface area contributed by atoms with E-state index in [0.717, 1.165) is 12.2 Å². The Morgan fingerprint density at radius 1 is 1.37 bits per heavy atom. The van der Waals surface area contributed by atoms with Crippen LogP contribution in [0.25, 0.3) is 0 Å². The van der Waals surface area contributed by atoms with E-state index in [4.69, 9.17) is 4.55 Å². The lowest BCUT2D eigenvalue weighted by Crippen LogP contribution is -2.22. The van der Waals surface area contributed by atoms with Crippen LogP contribution < -0.4 is 5.11 Å². The Bertz CT molecular complexity index is 514. The van der Waals surface area contributed by atoms with Gasteiger partial charge in [0.2, 0.25) is 0 Å². The molecule has 0 amide bonds. The van der Waals surface area contributed by atoms with Gasteiger partial charge in [-0.2, -0.15) is 8.42 Å². The second-order valence-electron chi connectivity index (χ2n) is 3.15. The quantitative estimate of drug-likeness (QED) is 0.360. The molecule has 0 aromatic carbocycles. The van der Waals surface area contributed by atoms with Crippen molar-refractivity contribution in [1.82, 2.24) is 0 Å². The summed E-state index contributed by atoms with van der Waals surface area (Å²) in [6.45, 7) is 4.58. The zero-order valence-corrected chi connectivity index (χ0v) is 11.7. The summed E-state index contributed by atoms with van der Waals surface area (Å²) in [5.41, 5.74) is 0. The van der Waals surface area contributed by atoms with Crippen molar-refractivity contribution in [3.63, 3.8) is 0 Å². The van der Waals surface area contributed by atoms with E-state index in [-0.39, 0.29) is 6.42 Å². The molecule has 0 aromatic heterocycles. The van der Waals surface area contributed by atoms with Gasteiger partial charge in [-0.1, -0.05) is 19.1 Å². The number of hydrogen-bond donors (Lipinski definition) is 1. The van der Waals surface area contributed by atoms with Crippen LogP contribution in [0.1, 0.15) is 13.3 Å². The summed E-state index contributed by atoms with van der Waals surface area (Å²) in [6, 6.07) is 0. The Morgan fingerprint density at radius 2 is 1.84 bits per heavy atom. The van der Waals surface area contributed by atoms with Gasteiger partial charge in [0.15, 0.2) is 0 Å². The van der Waals surface area contributed by atoms with Crippen LogP contribution in [-0.4, -0.2) is 42.9 Å². The summed E-state index contributed by atoms with van der Waals surface area (Å²) in [7, 11) is -8.23. The molecule has 8 nitrogen and oxygen atoms in total. The van der Waals surface area contributed by atoms with E-state index in [2.05, 4.69) is 6.58 Å². The average molecular weight is 314 g/mol. The van der Waals surface area contributed by atoms with Gasteiger partial charge in [0.05, 0.1) is 21.8 Å². The highest BCUT2D eigenvalue weighted by Gasteiger charge is 2.16. The van der Waals surface area contributed by atoms with Gasteiger partial charge in [-0.25, -0.2) is 8.42 Å². The van der Waals surface area contributed by atoms with E-state index < -0.39 is 37.2 Å². The van der Waals surface area contributed by atoms with Crippen molar-refractivity contribution in [2.75, 3.05) is 5.75 Å². The minimum atomic E-state index is -4.19. The van der Waals surface area contributed by atoms with E-state index in [1.54, 1.807) is 0 Å². The fourth-order valence-corrected chi connectivity index (χ4v) is 1.76. The minimum Gasteiger partial charge on any atom is -0.748 e. The molecule has 0 saturated carbocycles. The third kappa shape index (κ3) is 14.7. The molecule has 1 unspecified atom stereocenters. The second kappa shape index (κ2) is 8.80. The van der Waals surface area contributed by atoms with Gasteiger partial charge in [-0.15, -0.1) is 6.58 Å². The minimum absolute atomic E-state index is 0.114. The molecule has 0 radical (unpaired) electrons. The largest absolute Gasteiger partial charge is 0.748 e. The standard InChI is InChI=1S/C6H10O5S.C3H6O3S/c1-2-5(12(9,10)11)3-4-6(7)8;1-2-3-7(4,5)6/h3-5H,2H2,1H3,(H,7,8)(H,9,10,11);2H,1,3H2,(H,4,5,6)/p-2/b4-3+;. The summed E-state index contributed by atoms with van der Waals surface area (Å²) < 4.78 is 58.2. The molecule has 0 aliphatic rings. The van der Waals surface area contributed by atoms with Gasteiger partial charge < -0.3 is 14.5 Å². The first kappa shape index (κ1) is 20.1. The Kier molecular flexibility index (Phi) is 9.31. The van der Waals surface area contributed by atoms with Crippen molar-refractivity contribution in [2.45, 2.75) is 18.6 Å². The molecular weight excluding hydrogens is 300 g/mol. The lowest BCUT2D eigenvalue weighted by atomic mass is 10.3. The Labute approximate surface area is 111 Å². The van der Waals surface area contributed by atoms with Crippen LogP contribution in [0.2, 0.25) is 0 Å². The van der Waals surface area contributed by atoms with Crippen LogP contribution in [0.4, 0.5) is 0 Å². The molecule has 0 spiro atoms. The molecule has 0 bridgehead atoms. The van der Waals surface area contributed by atoms with Crippen molar-refractivity contribution >= 4 is 26.2 Å². The highest BCUT2D eigenvalue weighted by molar-refractivity contribution is 7.86. The third-order valence-electron chi connectivity index (χ3n) is 1.55. The first-order chi connectivity index (χ1) is 8.44. The summed E-state index contributed by atoms with van der Waals surface area (Å²) in [5.74, 6) is -1.97. The number of hydrogen-bond acceptors (Lipinski definition) is 7. The summed E-state index contributed by atoms with van der Waals surface area (Å²) in [5, 5.41) is 8.70. The van der Waals surface area contributed by atoms with Crippen LogP contribution in [0.5, 0.6) is 0 Å². The molecule has 0 rings (SSSR count). The van der Waals surface area contributed by atoms with Crippen molar-refractivity contribution in [3.8, 4) is 0 Å². The van der Waals surface area contributed by atoms with Crippen molar-refractivity contribution in [3.05, 3.63) is 24.8 Å². The lowest BCUT2D eigenvalue weighted by molar-refractivity contribution is -0.297. The first-order valence-electron chi connectivity index (χ1n) is 4.84. The predicted octanol–water partition coefficient (Wildman–Crippen LogP) is -1.32. The Hall–Kier alpha value is -1.23. The highest BCUT2D eigenvalue weighted by Crippen LogP contribution is 2.04. The van der Waals surface area contributed by atoms with E-state index in [1.165, 1.54) is 6.92 Å². The lowest BCUT2D eigenvalue weighted by Gasteiger charge is -2.04. The van der Waals surface area contributed by atoms with E-state index in [9.17, 15) is 31.3 Å². The predicted molar refractivity (Wildman–Crippen MR) is 64.5 cm³/mol. The van der Waals surface area contributed by atoms with E-state index in [0.29, 0.717) is 6.08 Å². The number of carboxylic acids is 1. The zero-order chi connectivity index (χ0) is 15.7. The maximum absolute atomic E-state index is 10.5. The highest BCUT2D eigenvalue weighted by atomic mass is 32.2. The molecule has 0 heterocycles. The topological polar surface area (TPSA) is 152 Å². The number of carbonyl (C=O) groups is 1. The van der Waals surface area contributed by atoms with Crippen LogP contribution in [0, 0.1) is 0 Å². The van der Waals surface area contributed by atoms with Gasteiger partial charge in [-0.05, 0) is 12.5 Å². The third-order valence-corrected chi connectivity index (χ3v) is 3.45. The molecule has 1 N–H and O–H groups in total. The molecule has 112 valence electrons. The molecule has 0 aromatic rings. The van der Waals surface area contributed by atoms with Gasteiger partial charge in [-0.3, -0.25) is 4.55 Å². The summed E-state index contributed by atoms with van der Waals surface area (Å²) >= 11 is 0. The maximum atomic E-state index is 10.5. The molecule has 0 aliphatic heterocycles. The smallest absolute Gasteiger partial charge is 0.271 e. The van der Waals surface area contributed by atoms with Gasteiger partial charge in [0.25, 0.3) is 10.1 Å². The molecule has 10 heteroatoms. The first-order valence-corrected chi connectivity index (χ1v) is 7.92. The van der Waals surface area contributed by atoms with Crippen LogP contribution >= 0.6 is 0 Å². The van der Waals surface area contributed by atoms with Crippen molar-refractivity contribution in [1.29, 1.82) is 0 Å². The molecule has 0 saturated heterocycles. The Morgan fingerprint density at radius 3 is 2.00 bits per heavy atom. The van der Waals surface area contributed by atoms with E-state index >= 15 is 0 Å². The van der Waals surface area contributed by atoms with Crippen LogP contribution in [-0.2, 0) is 25.0 Å². The average Bonchev–Trinajstić information content (AvgIpc) is 2.14. The van der Waals surface area contributed by atoms with Gasteiger partial charge in [0.1, 0.15) is 5.25 Å². The van der Waals surface area contributed by atoms with Crippen molar-refractivity contribution in [2.24, 2.45) is 0 Å². The fraction of sp³-hybridized carbons (Fsp3) is 0.444. The van der Waals surface area contributed by atoms with Crippen molar-refractivity contribution < 1.29 is 35.8 Å². The number of carbonyl (C=O) groups excluding carboxylic acids is 1. The summed E-state index contributed by atoms with van der Waals surface area (Å²) in [4.78, 5) is 9.87. The molecule has 1 atom stereocenters. The maximum Gasteiger partial charge on any atom is 0.271 e. The fourth-order valence-electron chi connectivity index (χ4n) is 0.776. The second-order valence-corrected chi connectivity index (χ2v) is 6.24. The van der Waals surface area contributed by atoms with Crippen LogP contribution in [0.3, 0.4) is 0 Å². The molecule has 19 heavy (non-hydrogen) atoms. The SMILES string of the molecule is C=CCS(=O)(=O)[O-].CCC(/C=C/C(=O)[O-])S(=O)(=O)O. The van der Waals surface area contributed by atoms with Gasteiger partial charge >= 0.3 is 0 Å². The van der Waals surface area contributed by atoms with Gasteiger partial charge in [0, 0.05) is 0 Å². The Balaban J connectivity index is 0. The monoisotopic (exact) mass is 314 g/mol. The van der Waals surface area contributed by atoms with Crippen LogP contribution in [0.15, 0.2) is 24.8 Å². The number of carboxylic acid groups (broad SMARTS) is 1. The molecule has 0 fully saturated rings. The number of aliphatic carboxylic acids is 1. The number of rotatable bonds is 6.